The zero-order valence-corrected chi connectivity index (χ0v) is 10.8. The summed E-state index contributed by atoms with van der Waals surface area (Å²) >= 11 is 0. The zero-order chi connectivity index (χ0) is 14.7. The molecular formula is C10H10F3O5P. The SMILES string of the molecule is COP(=O)(OC)C(=O)c1ccccc1OC(F)(F)F. The Hall–Kier alpha value is -1.37. The molecule has 0 aromatic heterocycles. The van der Waals surface area contributed by atoms with Crippen LogP contribution >= 0.6 is 7.60 Å². The summed E-state index contributed by atoms with van der Waals surface area (Å²) in [5, 5.41) is 0. The number of ether oxygens (including phenoxy) is 1. The smallest absolute Gasteiger partial charge is 0.405 e. The van der Waals surface area contributed by atoms with Gasteiger partial charge in [0.1, 0.15) is 5.75 Å². The van der Waals surface area contributed by atoms with Crippen LogP contribution in [0.5, 0.6) is 5.75 Å². The molecule has 0 N–H and O–H groups in total. The third kappa shape index (κ3) is 3.79. The normalized spacial score (nSPS) is 12.3. The molecule has 1 aromatic rings. The van der Waals surface area contributed by atoms with Gasteiger partial charge in [-0.3, -0.25) is 9.36 Å². The maximum atomic E-state index is 12.2. The molecule has 5 nitrogen and oxygen atoms in total. The number of hydrogen-bond donors (Lipinski definition) is 0. The maximum Gasteiger partial charge on any atom is 0.573 e. The first kappa shape index (κ1) is 15.7. The molecule has 0 aliphatic heterocycles. The summed E-state index contributed by atoms with van der Waals surface area (Å²) < 4.78 is 60.9. The van der Waals surface area contributed by atoms with E-state index in [0.717, 1.165) is 26.4 Å². The summed E-state index contributed by atoms with van der Waals surface area (Å²) in [6.07, 6.45) is -4.97. The average Bonchev–Trinajstić information content (AvgIpc) is 2.36. The van der Waals surface area contributed by atoms with Gasteiger partial charge in [0.2, 0.25) is 0 Å². The Bertz CT molecular complexity index is 506. The highest BCUT2D eigenvalue weighted by Gasteiger charge is 2.38. The second-order valence-electron chi connectivity index (χ2n) is 3.21. The Morgan fingerprint density at radius 2 is 1.68 bits per heavy atom. The van der Waals surface area contributed by atoms with Gasteiger partial charge in [-0.05, 0) is 12.1 Å². The van der Waals surface area contributed by atoms with Gasteiger partial charge in [-0.25, -0.2) is 0 Å². The Morgan fingerprint density at radius 3 is 2.16 bits per heavy atom. The standard InChI is InChI=1S/C10H10F3O5P/c1-16-19(15,17-2)9(14)7-5-3-4-6-8(7)18-10(11,12)13/h3-6H,1-2H3. The van der Waals surface area contributed by atoms with E-state index in [1.165, 1.54) is 12.1 Å². The first-order chi connectivity index (χ1) is 8.73. The van der Waals surface area contributed by atoms with Gasteiger partial charge in [0.15, 0.2) is 0 Å². The number of carbonyl (C=O) groups is 1. The van der Waals surface area contributed by atoms with Gasteiger partial charge in [0, 0.05) is 14.2 Å². The summed E-state index contributed by atoms with van der Waals surface area (Å²) in [4.78, 5) is 11.9. The second kappa shape index (κ2) is 5.73. The molecule has 19 heavy (non-hydrogen) atoms. The van der Waals surface area contributed by atoms with Crippen LogP contribution in [0.25, 0.3) is 0 Å². The van der Waals surface area contributed by atoms with E-state index in [-0.39, 0.29) is 0 Å². The zero-order valence-electron chi connectivity index (χ0n) is 9.93. The van der Waals surface area contributed by atoms with Crippen LogP contribution in [-0.4, -0.2) is 26.1 Å². The van der Waals surface area contributed by atoms with Crippen molar-refractivity contribution in [1.82, 2.24) is 0 Å². The van der Waals surface area contributed by atoms with E-state index in [9.17, 15) is 22.5 Å². The van der Waals surface area contributed by atoms with Gasteiger partial charge in [0.05, 0.1) is 5.56 Å². The summed E-state index contributed by atoms with van der Waals surface area (Å²) in [7, 11) is -2.27. The van der Waals surface area contributed by atoms with E-state index in [0.29, 0.717) is 0 Å². The van der Waals surface area contributed by atoms with Crippen LogP contribution in [0.15, 0.2) is 24.3 Å². The largest absolute Gasteiger partial charge is 0.573 e. The lowest BCUT2D eigenvalue weighted by Crippen LogP contribution is -2.19. The number of rotatable bonds is 5. The molecule has 0 amide bonds. The molecule has 0 saturated heterocycles. The number of benzene rings is 1. The van der Waals surface area contributed by atoms with Gasteiger partial charge < -0.3 is 13.8 Å². The molecule has 106 valence electrons. The van der Waals surface area contributed by atoms with Crippen molar-refractivity contribution in [3.63, 3.8) is 0 Å². The third-order valence-corrected chi connectivity index (χ3v) is 3.77. The van der Waals surface area contributed by atoms with Crippen LogP contribution in [0, 0.1) is 0 Å². The molecule has 1 aromatic carbocycles. The molecule has 0 heterocycles. The van der Waals surface area contributed by atoms with Gasteiger partial charge in [-0.1, -0.05) is 12.1 Å². The van der Waals surface area contributed by atoms with Crippen molar-refractivity contribution in [2.75, 3.05) is 14.2 Å². The molecule has 0 radical (unpaired) electrons. The van der Waals surface area contributed by atoms with Crippen LogP contribution in [0.4, 0.5) is 13.2 Å². The molecular weight excluding hydrogens is 288 g/mol. The third-order valence-electron chi connectivity index (χ3n) is 2.07. The van der Waals surface area contributed by atoms with Crippen LogP contribution < -0.4 is 4.74 Å². The fourth-order valence-corrected chi connectivity index (χ4v) is 2.21. The van der Waals surface area contributed by atoms with Gasteiger partial charge in [-0.15, -0.1) is 13.2 Å². The lowest BCUT2D eigenvalue weighted by molar-refractivity contribution is -0.274. The van der Waals surface area contributed by atoms with Crippen molar-refractivity contribution in [3.05, 3.63) is 29.8 Å². The van der Waals surface area contributed by atoms with Gasteiger partial charge in [-0.2, -0.15) is 0 Å². The molecule has 9 heteroatoms. The van der Waals surface area contributed by atoms with E-state index in [1.807, 2.05) is 0 Å². The van der Waals surface area contributed by atoms with Crippen molar-refractivity contribution in [3.8, 4) is 5.75 Å². The Labute approximate surface area is 106 Å². The Balaban J connectivity index is 3.21. The first-order valence-electron chi connectivity index (χ1n) is 4.84. The number of halogens is 3. The van der Waals surface area contributed by atoms with Crippen molar-refractivity contribution in [2.45, 2.75) is 6.36 Å². The highest BCUT2D eigenvalue weighted by atomic mass is 31.2. The summed E-state index contributed by atoms with van der Waals surface area (Å²) in [6, 6.07) is 4.50. The number of para-hydroxylation sites is 1. The molecule has 0 saturated carbocycles. The van der Waals surface area contributed by atoms with E-state index in [1.54, 1.807) is 0 Å². The van der Waals surface area contributed by atoms with E-state index >= 15 is 0 Å². The number of alkyl halides is 3. The minimum atomic E-state index is -4.97. The van der Waals surface area contributed by atoms with Crippen LogP contribution in [-0.2, 0) is 13.6 Å². The molecule has 0 fully saturated rings. The fraction of sp³-hybridized carbons (Fsp3) is 0.300. The quantitative estimate of drug-likeness (QED) is 0.781. The molecule has 0 bridgehead atoms. The summed E-state index contributed by atoms with van der Waals surface area (Å²) in [6.45, 7) is 0. The van der Waals surface area contributed by atoms with Crippen LogP contribution in [0.3, 0.4) is 0 Å². The number of hydrogen-bond acceptors (Lipinski definition) is 5. The van der Waals surface area contributed by atoms with Gasteiger partial charge >= 0.3 is 14.0 Å². The highest BCUT2D eigenvalue weighted by molar-refractivity contribution is 7.72. The lowest BCUT2D eigenvalue weighted by Gasteiger charge is -2.15. The molecule has 0 aliphatic carbocycles. The predicted octanol–water partition coefficient (Wildman–Crippen LogP) is 3.21. The maximum absolute atomic E-state index is 12.2. The highest BCUT2D eigenvalue weighted by Crippen LogP contribution is 2.51. The molecule has 0 aliphatic rings. The Kier molecular flexibility index (Phi) is 4.73. The lowest BCUT2D eigenvalue weighted by atomic mass is 10.2. The second-order valence-corrected chi connectivity index (χ2v) is 5.34. The van der Waals surface area contributed by atoms with Crippen molar-refractivity contribution in [1.29, 1.82) is 0 Å². The summed E-state index contributed by atoms with van der Waals surface area (Å²) in [5.41, 5.74) is -1.75. The molecule has 1 rings (SSSR count). The minimum absolute atomic E-state index is 0.535. The van der Waals surface area contributed by atoms with Crippen LogP contribution in [0.2, 0.25) is 0 Å². The van der Waals surface area contributed by atoms with Crippen molar-refractivity contribution in [2.24, 2.45) is 0 Å². The predicted molar refractivity (Wildman–Crippen MR) is 59.1 cm³/mol. The number of carbonyl (C=O) groups excluding carboxylic acids is 1. The minimum Gasteiger partial charge on any atom is -0.405 e. The van der Waals surface area contributed by atoms with Gasteiger partial charge in [0.25, 0.3) is 5.52 Å². The van der Waals surface area contributed by atoms with E-state index in [2.05, 4.69) is 13.8 Å². The van der Waals surface area contributed by atoms with Crippen molar-refractivity contribution >= 4 is 13.1 Å². The summed E-state index contributed by atoms with van der Waals surface area (Å²) in [5.74, 6) is -0.769. The molecule has 0 atom stereocenters. The fourth-order valence-electron chi connectivity index (χ4n) is 1.24. The monoisotopic (exact) mass is 298 g/mol. The Morgan fingerprint density at radius 1 is 1.16 bits per heavy atom. The molecule has 0 spiro atoms. The van der Waals surface area contributed by atoms with E-state index in [4.69, 9.17) is 0 Å². The van der Waals surface area contributed by atoms with Crippen molar-refractivity contribution < 1.29 is 36.3 Å². The average molecular weight is 298 g/mol. The van der Waals surface area contributed by atoms with E-state index < -0.39 is 30.8 Å². The molecule has 0 unspecified atom stereocenters. The van der Waals surface area contributed by atoms with Crippen LogP contribution in [0.1, 0.15) is 10.4 Å². The first-order valence-corrected chi connectivity index (χ1v) is 6.39. The topological polar surface area (TPSA) is 61.8 Å².